The van der Waals surface area contributed by atoms with Crippen molar-refractivity contribution in [3.05, 3.63) is 34.4 Å². The van der Waals surface area contributed by atoms with Crippen molar-refractivity contribution in [2.75, 3.05) is 0 Å². The average molecular weight is 160 g/mol. The number of fused-ring (bicyclic) bond motifs is 1. The third kappa shape index (κ3) is 1.06. The van der Waals surface area contributed by atoms with Gasteiger partial charge in [0.25, 0.3) is 0 Å². The predicted molar refractivity (Wildman–Crippen MR) is 52.6 cm³/mol. The van der Waals surface area contributed by atoms with Crippen LogP contribution in [-0.2, 0) is 19.3 Å². The van der Waals surface area contributed by atoms with Crippen LogP contribution < -0.4 is 0 Å². The van der Waals surface area contributed by atoms with E-state index >= 15 is 0 Å². The Morgan fingerprint density at radius 1 is 1.25 bits per heavy atom. The zero-order chi connectivity index (χ0) is 8.55. The van der Waals surface area contributed by atoms with Crippen molar-refractivity contribution in [1.82, 2.24) is 0 Å². The zero-order valence-corrected chi connectivity index (χ0v) is 7.98. The monoisotopic (exact) mass is 160 g/mol. The largest absolute Gasteiger partial charge is 0.0613 e. The zero-order valence-electron chi connectivity index (χ0n) is 7.98. The second-order valence-corrected chi connectivity index (χ2v) is 3.69. The van der Waals surface area contributed by atoms with Crippen LogP contribution in [0.2, 0.25) is 0 Å². The van der Waals surface area contributed by atoms with Gasteiger partial charge in [-0.3, -0.25) is 0 Å². The summed E-state index contributed by atoms with van der Waals surface area (Å²) < 4.78 is 0. The van der Waals surface area contributed by atoms with Crippen LogP contribution in [0, 0.1) is 6.92 Å². The van der Waals surface area contributed by atoms with Crippen molar-refractivity contribution in [2.45, 2.75) is 39.5 Å². The number of hydrogen-bond donors (Lipinski definition) is 0. The Balaban J connectivity index is 2.54. The van der Waals surface area contributed by atoms with Crippen LogP contribution in [0.15, 0.2) is 12.1 Å². The van der Waals surface area contributed by atoms with E-state index in [-0.39, 0.29) is 0 Å². The summed E-state index contributed by atoms with van der Waals surface area (Å²) in [6.45, 7) is 4.52. The number of aryl methyl sites for hydroxylation is 2. The SMILES string of the molecule is CCc1ccc2c(c1C)CCC2. The molecule has 0 saturated heterocycles. The van der Waals surface area contributed by atoms with Gasteiger partial charge in [0.15, 0.2) is 0 Å². The lowest BCUT2D eigenvalue weighted by Gasteiger charge is -2.08. The van der Waals surface area contributed by atoms with Crippen molar-refractivity contribution >= 4 is 0 Å². The van der Waals surface area contributed by atoms with Gasteiger partial charge < -0.3 is 0 Å². The Kier molecular flexibility index (Phi) is 1.92. The minimum Gasteiger partial charge on any atom is -0.0613 e. The second-order valence-electron chi connectivity index (χ2n) is 3.69. The minimum atomic E-state index is 1.18. The first-order chi connectivity index (χ1) is 5.83. The number of hydrogen-bond acceptors (Lipinski definition) is 0. The standard InChI is InChI=1S/C12H16/c1-3-10-7-8-11-5-4-6-12(11)9(10)2/h7-8H,3-6H2,1-2H3. The highest BCUT2D eigenvalue weighted by Gasteiger charge is 2.13. The topological polar surface area (TPSA) is 0 Å². The molecule has 1 aliphatic rings. The van der Waals surface area contributed by atoms with Crippen molar-refractivity contribution in [2.24, 2.45) is 0 Å². The van der Waals surface area contributed by atoms with Crippen LogP contribution in [0.1, 0.15) is 35.6 Å². The maximum absolute atomic E-state index is 2.33. The van der Waals surface area contributed by atoms with Crippen LogP contribution >= 0.6 is 0 Å². The summed E-state index contributed by atoms with van der Waals surface area (Å²) >= 11 is 0. The first-order valence-electron chi connectivity index (χ1n) is 4.93. The van der Waals surface area contributed by atoms with Crippen LogP contribution in [-0.4, -0.2) is 0 Å². The third-order valence-corrected chi connectivity index (χ3v) is 3.06. The quantitative estimate of drug-likeness (QED) is 0.592. The molecule has 0 amide bonds. The van der Waals surface area contributed by atoms with E-state index in [1.54, 1.807) is 16.7 Å². The molecule has 0 heterocycles. The molecular weight excluding hydrogens is 144 g/mol. The molecule has 0 unspecified atom stereocenters. The third-order valence-electron chi connectivity index (χ3n) is 3.06. The lowest BCUT2D eigenvalue weighted by Crippen LogP contribution is -1.93. The summed E-state index contributed by atoms with van der Waals surface area (Å²) in [5, 5.41) is 0. The Morgan fingerprint density at radius 2 is 2.08 bits per heavy atom. The lowest BCUT2D eigenvalue weighted by atomic mass is 9.97. The molecule has 0 N–H and O–H groups in total. The fraction of sp³-hybridized carbons (Fsp3) is 0.500. The summed E-state index contributed by atoms with van der Waals surface area (Å²) in [5.41, 5.74) is 6.35. The van der Waals surface area contributed by atoms with Crippen molar-refractivity contribution < 1.29 is 0 Å². The van der Waals surface area contributed by atoms with Gasteiger partial charge in [-0.15, -0.1) is 0 Å². The van der Waals surface area contributed by atoms with Gasteiger partial charge in [0.2, 0.25) is 0 Å². The normalized spacial score (nSPS) is 14.8. The van der Waals surface area contributed by atoms with E-state index < -0.39 is 0 Å². The smallest absolute Gasteiger partial charge is 0.0270 e. The molecular formula is C12H16. The molecule has 0 atom stereocenters. The van der Waals surface area contributed by atoms with Crippen LogP contribution in [0.3, 0.4) is 0 Å². The van der Waals surface area contributed by atoms with Crippen LogP contribution in [0.5, 0.6) is 0 Å². The van der Waals surface area contributed by atoms with E-state index in [0.717, 1.165) is 0 Å². The fourth-order valence-corrected chi connectivity index (χ4v) is 2.28. The highest BCUT2D eigenvalue weighted by molar-refractivity contribution is 5.42. The molecule has 1 aromatic carbocycles. The van der Waals surface area contributed by atoms with Gasteiger partial charge in [-0.2, -0.15) is 0 Å². The first kappa shape index (κ1) is 7.85. The molecule has 0 bridgehead atoms. The van der Waals surface area contributed by atoms with E-state index in [2.05, 4.69) is 26.0 Å². The van der Waals surface area contributed by atoms with Gasteiger partial charge >= 0.3 is 0 Å². The molecule has 2 rings (SSSR count). The van der Waals surface area contributed by atoms with Gasteiger partial charge in [0.1, 0.15) is 0 Å². The maximum atomic E-state index is 2.33. The Hall–Kier alpha value is -0.780. The summed E-state index contributed by atoms with van der Waals surface area (Å²) in [5.74, 6) is 0. The second kappa shape index (κ2) is 2.93. The van der Waals surface area contributed by atoms with Gasteiger partial charge in [0.05, 0.1) is 0 Å². The molecule has 12 heavy (non-hydrogen) atoms. The molecule has 0 nitrogen and oxygen atoms in total. The Bertz CT molecular complexity index is 297. The highest BCUT2D eigenvalue weighted by Crippen LogP contribution is 2.27. The molecule has 1 aliphatic carbocycles. The van der Waals surface area contributed by atoms with E-state index in [1.807, 2.05) is 0 Å². The van der Waals surface area contributed by atoms with Gasteiger partial charge in [0, 0.05) is 0 Å². The van der Waals surface area contributed by atoms with E-state index in [9.17, 15) is 0 Å². The van der Waals surface area contributed by atoms with Crippen LogP contribution in [0.4, 0.5) is 0 Å². The summed E-state index contributed by atoms with van der Waals surface area (Å²) in [4.78, 5) is 0. The molecule has 0 aliphatic heterocycles. The molecule has 0 heteroatoms. The Labute approximate surface area is 74.6 Å². The number of benzene rings is 1. The van der Waals surface area contributed by atoms with Gasteiger partial charge in [-0.1, -0.05) is 19.1 Å². The summed E-state index contributed by atoms with van der Waals surface area (Å²) in [7, 11) is 0. The van der Waals surface area contributed by atoms with Crippen LogP contribution in [0.25, 0.3) is 0 Å². The van der Waals surface area contributed by atoms with Crippen molar-refractivity contribution in [3.63, 3.8) is 0 Å². The molecule has 0 radical (unpaired) electrons. The van der Waals surface area contributed by atoms with Crippen molar-refractivity contribution in [3.8, 4) is 0 Å². The maximum Gasteiger partial charge on any atom is -0.0270 e. The average Bonchev–Trinajstić information content (AvgIpc) is 2.53. The van der Waals surface area contributed by atoms with E-state index in [0.29, 0.717) is 0 Å². The number of rotatable bonds is 1. The molecule has 0 spiro atoms. The highest BCUT2D eigenvalue weighted by atomic mass is 14.2. The van der Waals surface area contributed by atoms with E-state index in [4.69, 9.17) is 0 Å². The van der Waals surface area contributed by atoms with E-state index in [1.165, 1.54) is 31.2 Å². The summed E-state index contributed by atoms with van der Waals surface area (Å²) in [6, 6.07) is 4.63. The molecule has 0 saturated carbocycles. The fourth-order valence-electron chi connectivity index (χ4n) is 2.28. The predicted octanol–water partition coefficient (Wildman–Crippen LogP) is 3.05. The minimum absolute atomic E-state index is 1.18. The molecule has 0 fully saturated rings. The molecule has 64 valence electrons. The molecule has 1 aromatic rings. The summed E-state index contributed by atoms with van der Waals surface area (Å²) in [6.07, 6.45) is 5.16. The van der Waals surface area contributed by atoms with Gasteiger partial charge in [-0.05, 0) is 54.9 Å². The Morgan fingerprint density at radius 3 is 2.83 bits per heavy atom. The molecule has 0 aromatic heterocycles. The lowest BCUT2D eigenvalue weighted by molar-refractivity contribution is 0.908. The first-order valence-corrected chi connectivity index (χ1v) is 4.93. The van der Waals surface area contributed by atoms with Crippen molar-refractivity contribution in [1.29, 1.82) is 0 Å². The van der Waals surface area contributed by atoms with Gasteiger partial charge in [-0.25, -0.2) is 0 Å².